The molecule has 1 saturated heterocycles. The molecule has 7 heteroatoms. The lowest BCUT2D eigenvalue weighted by atomic mass is 10.2. The van der Waals surface area contributed by atoms with Crippen molar-refractivity contribution in [3.8, 4) is 0 Å². The predicted molar refractivity (Wildman–Crippen MR) is 79.4 cm³/mol. The van der Waals surface area contributed by atoms with Gasteiger partial charge in [0.25, 0.3) is 0 Å². The number of thiazole rings is 1. The SMILES string of the molecule is CCCNc1ncc(CN(C)C2CCS(=O)(=O)C2)s1. The van der Waals surface area contributed by atoms with Crippen LogP contribution in [0.5, 0.6) is 0 Å². The number of rotatable bonds is 6. The average molecular weight is 303 g/mol. The molecule has 1 aliphatic rings. The van der Waals surface area contributed by atoms with Crippen molar-refractivity contribution in [1.82, 2.24) is 9.88 Å². The summed E-state index contributed by atoms with van der Waals surface area (Å²) in [4.78, 5) is 7.62. The molecule has 1 aromatic rings. The van der Waals surface area contributed by atoms with Gasteiger partial charge < -0.3 is 5.32 Å². The van der Waals surface area contributed by atoms with E-state index in [-0.39, 0.29) is 6.04 Å². The van der Waals surface area contributed by atoms with E-state index in [2.05, 4.69) is 22.1 Å². The fourth-order valence-electron chi connectivity index (χ4n) is 2.19. The number of aromatic nitrogens is 1. The van der Waals surface area contributed by atoms with Gasteiger partial charge in [0.15, 0.2) is 15.0 Å². The second-order valence-corrected chi connectivity index (χ2v) is 8.37. The van der Waals surface area contributed by atoms with Crippen molar-refractivity contribution in [3.63, 3.8) is 0 Å². The topological polar surface area (TPSA) is 62.3 Å². The smallest absolute Gasteiger partial charge is 0.182 e. The molecule has 1 aromatic heterocycles. The van der Waals surface area contributed by atoms with Crippen LogP contribution in [-0.2, 0) is 16.4 Å². The van der Waals surface area contributed by atoms with Gasteiger partial charge in [0, 0.05) is 30.2 Å². The maximum absolute atomic E-state index is 11.5. The largest absolute Gasteiger partial charge is 0.362 e. The van der Waals surface area contributed by atoms with E-state index in [1.54, 1.807) is 11.3 Å². The third kappa shape index (κ3) is 4.15. The minimum Gasteiger partial charge on any atom is -0.362 e. The first-order valence-corrected chi connectivity index (χ1v) is 9.23. The lowest BCUT2D eigenvalue weighted by Crippen LogP contribution is -2.31. The molecule has 5 nitrogen and oxygen atoms in total. The van der Waals surface area contributed by atoms with Gasteiger partial charge in [-0.25, -0.2) is 13.4 Å². The molecule has 1 atom stereocenters. The summed E-state index contributed by atoms with van der Waals surface area (Å²) in [6.45, 7) is 3.82. The van der Waals surface area contributed by atoms with Crippen LogP contribution in [0.3, 0.4) is 0 Å². The molecule has 0 radical (unpaired) electrons. The Morgan fingerprint density at radius 1 is 1.58 bits per heavy atom. The van der Waals surface area contributed by atoms with Crippen LogP contribution in [0.4, 0.5) is 5.13 Å². The minimum atomic E-state index is -2.81. The Kier molecular flexibility index (Phi) is 4.81. The highest BCUT2D eigenvalue weighted by molar-refractivity contribution is 7.91. The Balaban J connectivity index is 1.88. The molecule has 0 bridgehead atoms. The second kappa shape index (κ2) is 6.19. The maximum Gasteiger partial charge on any atom is 0.182 e. The van der Waals surface area contributed by atoms with Crippen LogP contribution >= 0.6 is 11.3 Å². The first kappa shape index (κ1) is 14.7. The Bertz CT molecular complexity index is 513. The predicted octanol–water partition coefficient (Wildman–Crippen LogP) is 1.58. The number of hydrogen-bond donors (Lipinski definition) is 1. The molecule has 1 N–H and O–H groups in total. The molecule has 1 unspecified atom stereocenters. The van der Waals surface area contributed by atoms with Crippen LogP contribution < -0.4 is 5.32 Å². The van der Waals surface area contributed by atoms with Gasteiger partial charge in [-0.15, -0.1) is 11.3 Å². The first-order valence-electron chi connectivity index (χ1n) is 6.59. The first-order chi connectivity index (χ1) is 9.00. The molecule has 19 heavy (non-hydrogen) atoms. The standard InChI is InChI=1S/C12H21N3O2S2/c1-3-5-13-12-14-7-11(18-12)8-15(2)10-4-6-19(16,17)9-10/h7,10H,3-6,8-9H2,1-2H3,(H,13,14). The van der Waals surface area contributed by atoms with Crippen molar-refractivity contribution in [2.45, 2.75) is 32.4 Å². The number of nitrogens with zero attached hydrogens (tertiary/aromatic N) is 2. The normalized spacial score (nSPS) is 21.9. The number of hydrogen-bond acceptors (Lipinski definition) is 6. The summed E-state index contributed by atoms with van der Waals surface area (Å²) in [6.07, 6.45) is 3.70. The Labute approximate surface area is 119 Å². The van der Waals surface area contributed by atoms with Crippen LogP contribution in [-0.4, -0.2) is 49.4 Å². The van der Waals surface area contributed by atoms with E-state index in [1.165, 1.54) is 4.88 Å². The summed E-state index contributed by atoms with van der Waals surface area (Å²) >= 11 is 1.65. The summed E-state index contributed by atoms with van der Waals surface area (Å²) in [5.41, 5.74) is 0. The second-order valence-electron chi connectivity index (χ2n) is 5.03. The van der Waals surface area contributed by atoms with Crippen LogP contribution in [0, 0.1) is 0 Å². The van der Waals surface area contributed by atoms with Gasteiger partial charge in [-0.05, 0) is 19.9 Å². The van der Waals surface area contributed by atoms with Gasteiger partial charge in [0.1, 0.15) is 0 Å². The summed E-state index contributed by atoms with van der Waals surface area (Å²) in [5.74, 6) is 0.622. The third-order valence-corrected chi connectivity index (χ3v) is 6.01. The molecule has 2 rings (SSSR count). The zero-order chi connectivity index (χ0) is 13.9. The maximum atomic E-state index is 11.5. The third-order valence-electron chi connectivity index (χ3n) is 3.32. The molecular weight excluding hydrogens is 282 g/mol. The molecule has 0 aromatic carbocycles. The summed E-state index contributed by atoms with van der Waals surface area (Å²) in [7, 11) is -0.815. The van der Waals surface area contributed by atoms with Crippen LogP contribution in [0.15, 0.2) is 6.20 Å². The van der Waals surface area contributed by atoms with E-state index in [1.807, 2.05) is 13.2 Å². The molecule has 108 valence electrons. The van der Waals surface area contributed by atoms with Gasteiger partial charge in [-0.1, -0.05) is 6.92 Å². The van der Waals surface area contributed by atoms with Crippen molar-refractivity contribution in [2.24, 2.45) is 0 Å². The Hall–Kier alpha value is -0.660. The molecule has 0 aliphatic carbocycles. The van der Waals surface area contributed by atoms with E-state index in [0.29, 0.717) is 11.5 Å². The van der Waals surface area contributed by atoms with Gasteiger partial charge in [-0.3, -0.25) is 4.90 Å². The van der Waals surface area contributed by atoms with E-state index < -0.39 is 9.84 Å². The average Bonchev–Trinajstić information content (AvgIpc) is 2.93. The van der Waals surface area contributed by atoms with Crippen LogP contribution in [0.25, 0.3) is 0 Å². The van der Waals surface area contributed by atoms with Gasteiger partial charge in [0.2, 0.25) is 0 Å². The summed E-state index contributed by atoms with van der Waals surface area (Å²) in [5, 5.41) is 4.21. The fourth-order valence-corrected chi connectivity index (χ4v) is 4.90. The molecule has 1 aliphatic heterocycles. The molecule has 0 spiro atoms. The van der Waals surface area contributed by atoms with Crippen LogP contribution in [0.2, 0.25) is 0 Å². The fraction of sp³-hybridized carbons (Fsp3) is 0.750. The highest BCUT2D eigenvalue weighted by Crippen LogP contribution is 2.23. The van der Waals surface area contributed by atoms with Crippen molar-refractivity contribution >= 4 is 26.3 Å². The molecule has 2 heterocycles. The summed E-state index contributed by atoms with van der Waals surface area (Å²) in [6, 6.07) is 0.152. The van der Waals surface area contributed by atoms with E-state index in [0.717, 1.165) is 31.1 Å². The molecule has 0 saturated carbocycles. The Morgan fingerprint density at radius 3 is 3.00 bits per heavy atom. The van der Waals surface area contributed by atoms with Crippen molar-refractivity contribution in [3.05, 3.63) is 11.1 Å². The Morgan fingerprint density at radius 2 is 2.37 bits per heavy atom. The van der Waals surface area contributed by atoms with E-state index >= 15 is 0 Å². The van der Waals surface area contributed by atoms with Crippen molar-refractivity contribution < 1.29 is 8.42 Å². The monoisotopic (exact) mass is 303 g/mol. The van der Waals surface area contributed by atoms with Crippen molar-refractivity contribution in [2.75, 3.05) is 30.4 Å². The number of sulfone groups is 1. The van der Waals surface area contributed by atoms with Gasteiger partial charge >= 0.3 is 0 Å². The quantitative estimate of drug-likeness (QED) is 0.864. The highest BCUT2D eigenvalue weighted by atomic mass is 32.2. The molecule has 0 amide bonds. The van der Waals surface area contributed by atoms with Gasteiger partial charge in [0.05, 0.1) is 11.5 Å². The lowest BCUT2D eigenvalue weighted by molar-refractivity contribution is 0.256. The van der Waals surface area contributed by atoms with E-state index in [4.69, 9.17) is 0 Å². The molecule has 1 fully saturated rings. The van der Waals surface area contributed by atoms with E-state index in [9.17, 15) is 8.42 Å². The van der Waals surface area contributed by atoms with Crippen LogP contribution in [0.1, 0.15) is 24.6 Å². The summed E-state index contributed by atoms with van der Waals surface area (Å²) < 4.78 is 22.9. The lowest BCUT2D eigenvalue weighted by Gasteiger charge is -2.21. The molecular formula is C12H21N3O2S2. The van der Waals surface area contributed by atoms with Gasteiger partial charge in [-0.2, -0.15) is 0 Å². The zero-order valence-electron chi connectivity index (χ0n) is 11.4. The minimum absolute atomic E-state index is 0.152. The number of nitrogens with one attached hydrogen (secondary N) is 1. The van der Waals surface area contributed by atoms with Crippen molar-refractivity contribution in [1.29, 1.82) is 0 Å². The number of anilines is 1. The highest BCUT2D eigenvalue weighted by Gasteiger charge is 2.30. The zero-order valence-corrected chi connectivity index (χ0v) is 13.1.